The number of hydrogen-bond acceptors (Lipinski definition) is 4. The van der Waals surface area contributed by atoms with Crippen LogP contribution in [-0.4, -0.2) is 49.3 Å². The molecule has 2 rings (SSSR count). The van der Waals surface area contributed by atoms with Crippen molar-refractivity contribution in [2.24, 2.45) is 0 Å². The fourth-order valence-electron chi connectivity index (χ4n) is 2.57. The number of aliphatic hydroxyl groups excluding tert-OH is 1. The van der Waals surface area contributed by atoms with Crippen LogP contribution in [0.3, 0.4) is 0 Å². The monoisotopic (exact) mass is 311 g/mol. The van der Waals surface area contributed by atoms with Gasteiger partial charge in [-0.15, -0.1) is 0 Å². The van der Waals surface area contributed by atoms with E-state index in [0.717, 1.165) is 17.5 Å². The Morgan fingerprint density at radius 1 is 1.33 bits per heavy atom. The molecule has 1 amide bonds. The summed E-state index contributed by atoms with van der Waals surface area (Å²) in [7, 11) is -3.40. The highest BCUT2D eigenvalue weighted by atomic mass is 32.2. The molecule has 1 heterocycles. The molecule has 0 bridgehead atoms. The van der Waals surface area contributed by atoms with Gasteiger partial charge in [-0.3, -0.25) is 4.79 Å². The first kappa shape index (κ1) is 16.0. The smallest absolute Gasteiger partial charge is 0.222 e. The number of hydrogen-bond donors (Lipinski definition) is 1. The van der Waals surface area contributed by atoms with Crippen molar-refractivity contribution in [3.05, 3.63) is 35.4 Å². The Balaban J connectivity index is 1.94. The van der Waals surface area contributed by atoms with Crippen molar-refractivity contribution >= 4 is 15.7 Å². The SMILES string of the molecule is Cc1ccccc1CS(=O)(=O)C[C@@H](O)CN1CCCC1=O. The lowest BCUT2D eigenvalue weighted by molar-refractivity contribution is -0.128. The van der Waals surface area contributed by atoms with E-state index in [4.69, 9.17) is 0 Å². The number of benzene rings is 1. The molecule has 0 saturated carbocycles. The summed E-state index contributed by atoms with van der Waals surface area (Å²) in [4.78, 5) is 13.0. The average Bonchev–Trinajstić information content (AvgIpc) is 2.77. The molecule has 0 unspecified atom stereocenters. The van der Waals surface area contributed by atoms with E-state index < -0.39 is 15.9 Å². The van der Waals surface area contributed by atoms with Crippen molar-refractivity contribution in [2.45, 2.75) is 31.6 Å². The molecule has 1 aromatic rings. The Morgan fingerprint density at radius 3 is 2.67 bits per heavy atom. The maximum atomic E-state index is 12.2. The number of nitrogens with zero attached hydrogens (tertiary/aromatic N) is 1. The van der Waals surface area contributed by atoms with Gasteiger partial charge in [0.05, 0.1) is 17.6 Å². The second-order valence-electron chi connectivity index (χ2n) is 5.58. The first-order valence-corrected chi connectivity index (χ1v) is 8.90. The summed E-state index contributed by atoms with van der Waals surface area (Å²) in [5.74, 6) is -0.402. The third-order valence-corrected chi connectivity index (χ3v) is 5.33. The number of carbonyl (C=O) groups is 1. The summed E-state index contributed by atoms with van der Waals surface area (Å²) in [6, 6.07) is 7.31. The van der Waals surface area contributed by atoms with Crippen molar-refractivity contribution in [1.29, 1.82) is 0 Å². The second kappa shape index (κ2) is 6.58. The van der Waals surface area contributed by atoms with Crippen LogP contribution in [0.2, 0.25) is 0 Å². The molecule has 0 aliphatic carbocycles. The van der Waals surface area contributed by atoms with Gasteiger partial charge in [0.1, 0.15) is 0 Å². The summed E-state index contributed by atoms with van der Waals surface area (Å²) in [6.07, 6.45) is 0.241. The fourth-order valence-corrected chi connectivity index (χ4v) is 4.17. The van der Waals surface area contributed by atoms with Crippen LogP contribution in [0.15, 0.2) is 24.3 Å². The topological polar surface area (TPSA) is 74.7 Å². The van der Waals surface area contributed by atoms with Crippen LogP contribution >= 0.6 is 0 Å². The van der Waals surface area contributed by atoms with Gasteiger partial charge in [0.25, 0.3) is 0 Å². The van der Waals surface area contributed by atoms with Gasteiger partial charge in [0, 0.05) is 19.5 Å². The van der Waals surface area contributed by atoms with Crippen LogP contribution in [-0.2, 0) is 20.4 Å². The number of aryl methyl sites for hydroxylation is 1. The Bertz CT molecular complexity index is 612. The zero-order valence-electron chi connectivity index (χ0n) is 12.2. The average molecular weight is 311 g/mol. The van der Waals surface area contributed by atoms with Crippen molar-refractivity contribution in [2.75, 3.05) is 18.8 Å². The summed E-state index contributed by atoms with van der Waals surface area (Å²) < 4.78 is 24.3. The number of β-amino-alcohol motifs (C(OH)–C–C–N with tert-alkyl or cyclic N) is 1. The molecule has 0 spiro atoms. The minimum atomic E-state index is -3.40. The van der Waals surface area contributed by atoms with Gasteiger partial charge in [-0.25, -0.2) is 8.42 Å². The van der Waals surface area contributed by atoms with Crippen LogP contribution < -0.4 is 0 Å². The highest BCUT2D eigenvalue weighted by Crippen LogP contribution is 2.14. The summed E-state index contributed by atoms with van der Waals surface area (Å²) >= 11 is 0. The van der Waals surface area contributed by atoms with Gasteiger partial charge in [0.15, 0.2) is 9.84 Å². The number of likely N-dealkylation sites (tertiary alicyclic amines) is 1. The number of sulfone groups is 1. The molecule has 1 N–H and O–H groups in total. The lowest BCUT2D eigenvalue weighted by atomic mass is 10.1. The first-order valence-electron chi connectivity index (χ1n) is 7.08. The molecule has 1 saturated heterocycles. The molecule has 21 heavy (non-hydrogen) atoms. The molecule has 6 heteroatoms. The summed E-state index contributed by atoms with van der Waals surface area (Å²) in [6.45, 7) is 2.57. The molecule has 116 valence electrons. The molecule has 5 nitrogen and oxygen atoms in total. The van der Waals surface area contributed by atoms with E-state index in [-0.39, 0.29) is 24.0 Å². The largest absolute Gasteiger partial charge is 0.390 e. The Labute approximate surface area is 125 Å². The number of rotatable bonds is 6. The van der Waals surface area contributed by atoms with Crippen molar-refractivity contribution in [3.63, 3.8) is 0 Å². The molecule has 1 aliphatic rings. The molecular formula is C15H21NO4S. The van der Waals surface area contributed by atoms with Gasteiger partial charge in [0.2, 0.25) is 5.91 Å². The normalized spacial score (nSPS) is 17.2. The first-order chi connectivity index (χ1) is 9.87. The van der Waals surface area contributed by atoms with Crippen molar-refractivity contribution in [1.82, 2.24) is 4.90 Å². The van der Waals surface area contributed by atoms with Crippen LogP contribution in [0, 0.1) is 6.92 Å². The maximum absolute atomic E-state index is 12.2. The van der Waals surface area contributed by atoms with Gasteiger partial charge >= 0.3 is 0 Å². The van der Waals surface area contributed by atoms with Crippen molar-refractivity contribution < 1.29 is 18.3 Å². The Hall–Kier alpha value is -1.40. The predicted octanol–water partition coefficient (Wildman–Crippen LogP) is 0.893. The number of amides is 1. The van der Waals surface area contributed by atoms with E-state index in [1.165, 1.54) is 4.90 Å². The standard InChI is InChI=1S/C15H21NO4S/c1-12-5-2-3-6-13(12)10-21(19,20)11-14(17)9-16-8-4-7-15(16)18/h2-3,5-6,14,17H,4,7-11H2,1H3/t14-/m0/s1. The molecule has 0 aromatic heterocycles. The van der Waals surface area contributed by atoms with Crippen LogP contribution in [0.5, 0.6) is 0 Å². The summed E-state index contributed by atoms with van der Waals surface area (Å²) in [5, 5.41) is 9.94. The summed E-state index contributed by atoms with van der Waals surface area (Å²) in [5.41, 5.74) is 1.67. The highest BCUT2D eigenvalue weighted by molar-refractivity contribution is 7.90. The quantitative estimate of drug-likeness (QED) is 0.847. The maximum Gasteiger partial charge on any atom is 0.222 e. The molecule has 1 aromatic carbocycles. The Morgan fingerprint density at radius 2 is 2.05 bits per heavy atom. The molecule has 1 aliphatic heterocycles. The van der Waals surface area contributed by atoms with E-state index in [1.807, 2.05) is 19.1 Å². The second-order valence-corrected chi connectivity index (χ2v) is 7.69. The van der Waals surface area contributed by atoms with Crippen LogP contribution in [0.1, 0.15) is 24.0 Å². The third-order valence-electron chi connectivity index (χ3n) is 3.69. The minimum Gasteiger partial charge on any atom is -0.390 e. The molecule has 1 fully saturated rings. The van der Waals surface area contributed by atoms with E-state index >= 15 is 0 Å². The van der Waals surface area contributed by atoms with E-state index in [1.54, 1.807) is 12.1 Å². The van der Waals surface area contributed by atoms with Gasteiger partial charge in [-0.05, 0) is 24.5 Å². The van der Waals surface area contributed by atoms with Gasteiger partial charge < -0.3 is 10.0 Å². The predicted molar refractivity (Wildman–Crippen MR) is 80.5 cm³/mol. The lowest BCUT2D eigenvalue weighted by Gasteiger charge is -2.20. The number of aliphatic hydroxyl groups is 1. The van der Waals surface area contributed by atoms with Gasteiger partial charge in [-0.2, -0.15) is 0 Å². The van der Waals surface area contributed by atoms with Crippen molar-refractivity contribution in [3.8, 4) is 0 Å². The van der Waals surface area contributed by atoms with E-state index in [2.05, 4.69) is 0 Å². The highest BCUT2D eigenvalue weighted by Gasteiger charge is 2.25. The van der Waals surface area contributed by atoms with E-state index in [0.29, 0.717) is 13.0 Å². The van der Waals surface area contributed by atoms with Crippen LogP contribution in [0.4, 0.5) is 0 Å². The zero-order chi connectivity index (χ0) is 15.5. The minimum absolute atomic E-state index is 0.00893. The third kappa shape index (κ3) is 4.54. The van der Waals surface area contributed by atoms with Gasteiger partial charge in [-0.1, -0.05) is 24.3 Å². The Kier molecular flexibility index (Phi) is 5.00. The molecular weight excluding hydrogens is 290 g/mol. The molecule has 0 radical (unpaired) electrons. The van der Waals surface area contributed by atoms with E-state index in [9.17, 15) is 18.3 Å². The lowest BCUT2D eigenvalue weighted by Crippen LogP contribution is -2.37. The molecule has 1 atom stereocenters. The zero-order valence-corrected chi connectivity index (χ0v) is 13.0. The fraction of sp³-hybridized carbons (Fsp3) is 0.533. The number of carbonyl (C=O) groups excluding carboxylic acids is 1. The van der Waals surface area contributed by atoms with Crippen LogP contribution in [0.25, 0.3) is 0 Å².